The van der Waals surface area contributed by atoms with Crippen LogP contribution in [0.25, 0.3) is 0 Å². The lowest BCUT2D eigenvalue weighted by Crippen LogP contribution is -2.56. The molecular formula is C22H25N5O2S. The molecule has 8 heteroatoms. The smallest absolute Gasteiger partial charge is 0.248 e. The Bertz CT molecular complexity index is 964. The molecule has 3 fully saturated rings. The molecule has 0 radical (unpaired) electrons. The van der Waals surface area contributed by atoms with Gasteiger partial charge in [-0.2, -0.15) is 5.26 Å². The van der Waals surface area contributed by atoms with Gasteiger partial charge in [0.2, 0.25) is 5.91 Å². The summed E-state index contributed by atoms with van der Waals surface area (Å²) < 4.78 is 6.21. The first-order valence-electron chi connectivity index (χ1n) is 10.6. The minimum Gasteiger partial charge on any atom is -0.358 e. The van der Waals surface area contributed by atoms with Gasteiger partial charge in [-0.1, -0.05) is 0 Å². The van der Waals surface area contributed by atoms with E-state index in [-0.39, 0.29) is 30.2 Å². The third-order valence-electron chi connectivity index (χ3n) is 6.62. The SMILES string of the molecule is Cc1csc(C2(OCC(=O)N3CC4CC[C@@H](C3)N4c3ccc(C#N)cn3)CCC2)n1. The molecule has 2 aromatic heterocycles. The van der Waals surface area contributed by atoms with Gasteiger partial charge in [0.05, 0.1) is 5.56 Å². The summed E-state index contributed by atoms with van der Waals surface area (Å²) in [6.45, 7) is 3.51. The van der Waals surface area contributed by atoms with Crippen molar-refractivity contribution in [1.29, 1.82) is 5.26 Å². The van der Waals surface area contributed by atoms with Gasteiger partial charge in [-0.25, -0.2) is 9.97 Å². The lowest BCUT2D eigenvalue weighted by Gasteiger charge is -2.43. The van der Waals surface area contributed by atoms with Crippen LogP contribution >= 0.6 is 11.3 Å². The van der Waals surface area contributed by atoms with Crippen molar-refractivity contribution in [3.63, 3.8) is 0 Å². The van der Waals surface area contributed by atoms with Gasteiger partial charge in [0.25, 0.3) is 0 Å². The Hall–Kier alpha value is -2.50. The fourth-order valence-corrected chi connectivity index (χ4v) is 5.87. The van der Waals surface area contributed by atoms with E-state index in [1.54, 1.807) is 17.5 Å². The summed E-state index contributed by atoms with van der Waals surface area (Å²) in [6, 6.07) is 6.38. The van der Waals surface area contributed by atoms with Crippen molar-refractivity contribution in [2.24, 2.45) is 0 Å². The number of carbonyl (C=O) groups excluding carboxylic acids is 1. The molecule has 7 nitrogen and oxygen atoms in total. The molecular weight excluding hydrogens is 398 g/mol. The molecule has 5 rings (SSSR count). The first-order valence-corrected chi connectivity index (χ1v) is 11.4. The molecule has 30 heavy (non-hydrogen) atoms. The summed E-state index contributed by atoms with van der Waals surface area (Å²) in [5, 5.41) is 12.1. The predicted octanol–water partition coefficient (Wildman–Crippen LogP) is 2.99. The molecule has 2 atom stereocenters. The number of amides is 1. The van der Waals surface area contributed by atoms with Gasteiger partial charge in [-0.15, -0.1) is 11.3 Å². The predicted molar refractivity (Wildman–Crippen MR) is 113 cm³/mol. The van der Waals surface area contributed by atoms with Crippen LogP contribution in [-0.2, 0) is 15.1 Å². The van der Waals surface area contributed by atoms with E-state index in [0.717, 1.165) is 48.6 Å². The van der Waals surface area contributed by atoms with E-state index >= 15 is 0 Å². The molecule has 0 spiro atoms. The lowest BCUT2D eigenvalue weighted by atomic mass is 9.80. The van der Waals surface area contributed by atoms with Gasteiger partial charge < -0.3 is 14.5 Å². The number of thiazole rings is 1. The molecule has 0 aromatic carbocycles. The molecule has 2 aromatic rings. The molecule has 0 N–H and O–H groups in total. The first kappa shape index (κ1) is 19.5. The summed E-state index contributed by atoms with van der Waals surface area (Å²) in [5.74, 6) is 0.969. The van der Waals surface area contributed by atoms with E-state index in [1.807, 2.05) is 24.0 Å². The average molecular weight is 424 g/mol. The number of ether oxygens (including phenoxy) is 1. The minimum absolute atomic E-state index is 0.0684. The monoisotopic (exact) mass is 423 g/mol. The second-order valence-corrected chi connectivity index (χ2v) is 9.40. The standard InChI is InChI=1S/C22H25N5O2S/c1-15-14-30-21(25-15)22(7-2-8-22)29-13-20(28)26-11-17-4-5-18(12-26)27(17)19-6-3-16(9-23)10-24-19/h3,6,10,14,17-18H,2,4-5,7-8,11-13H2,1H3/t17-,18?/m0/s1. The van der Waals surface area contributed by atoms with Crippen molar-refractivity contribution in [3.8, 4) is 6.07 Å². The zero-order valence-corrected chi connectivity index (χ0v) is 17.9. The van der Waals surface area contributed by atoms with Crippen LogP contribution in [-0.4, -0.2) is 52.6 Å². The number of aryl methyl sites for hydroxylation is 1. The lowest BCUT2D eigenvalue weighted by molar-refractivity contribution is -0.154. The van der Waals surface area contributed by atoms with Crippen molar-refractivity contribution in [2.75, 3.05) is 24.6 Å². The second-order valence-electron chi connectivity index (χ2n) is 8.54. The highest BCUT2D eigenvalue weighted by molar-refractivity contribution is 7.09. The maximum Gasteiger partial charge on any atom is 0.248 e. The Morgan fingerprint density at radius 1 is 1.33 bits per heavy atom. The summed E-state index contributed by atoms with van der Waals surface area (Å²) in [4.78, 5) is 26.4. The van der Waals surface area contributed by atoms with E-state index in [0.29, 0.717) is 18.7 Å². The number of rotatable bonds is 5. The number of nitriles is 1. The van der Waals surface area contributed by atoms with E-state index in [1.165, 1.54) is 0 Å². The second kappa shape index (κ2) is 7.64. The molecule has 156 valence electrons. The Morgan fingerprint density at radius 3 is 2.63 bits per heavy atom. The summed E-state index contributed by atoms with van der Waals surface area (Å²) in [7, 11) is 0. The van der Waals surface area contributed by atoms with E-state index in [4.69, 9.17) is 10.00 Å². The van der Waals surface area contributed by atoms with Crippen LogP contribution in [0.2, 0.25) is 0 Å². The van der Waals surface area contributed by atoms with Crippen LogP contribution in [0.1, 0.15) is 48.4 Å². The van der Waals surface area contributed by atoms with E-state index in [2.05, 4.69) is 26.3 Å². The summed E-state index contributed by atoms with van der Waals surface area (Å²) in [5.41, 5.74) is 1.22. The fourth-order valence-electron chi connectivity index (χ4n) is 4.86. The van der Waals surface area contributed by atoms with Crippen LogP contribution < -0.4 is 4.90 Å². The number of nitrogens with zero attached hydrogens (tertiary/aromatic N) is 5. The van der Waals surface area contributed by atoms with Crippen molar-refractivity contribution < 1.29 is 9.53 Å². The number of carbonyl (C=O) groups is 1. The first-order chi connectivity index (χ1) is 14.6. The maximum atomic E-state index is 13.0. The van der Waals surface area contributed by atoms with E-state index < -0.39 is 0 Å². The highest BCUT2D eigenvalue weighted by atomic mass is 32.1. The van der Waals surface area contributed by atoms with Gasteiger partial charge in [-0.05, 0) is 51.2 Å². The molecule has 2 aliphatic heterocycles. The number of hydrogen-bond acceptors (Lipinski definition) is 7. The number of anilines is 1. The third kappa shape index (κ3) is 3.36. The Kier molecular flexibility index (Phi) is 4.95. The Morgan fingerprint density at radius 2 is 2.10 bits per heavy atom. The number of likely N-dealkylation sites (tertiary alicyclic amines) is 1. The Labute approximate surface area is 180 Å². The zero-order valence-electron chi connectivity index (χ0n) is 17.1. The molecule has 2 bridgehead atoms. The van der Waals surface area contributed by atoms with Crippen LogP contribution in [0.15, 0.2) is 23.7 Å². The van der Waals surface area contributed by atoms with Gasteiger partial charge >= 0.3 is 0 Å². The molecule has 1 unspecified atom stereocenters. The maximum absolute atomic E-state index is 13.0. The number of fused-ring (bicyclic) bond motifs is 2. The Balaban J connectivity index is 1.23. The molecule has 3 aliphatic rings. The van der Waals surface area contributed by atoms with Crippen molar-refractivity contribution in [3.05, 3.63) is 40.0 Å². The van der Waals surface area contributed by atoms with Gasteiger partial charge in [0, 0.05) is 42.4 Å². The minimum atomic E-state index is -0.359. The summed E-state index contributed by atoms with van der Waals surface area (Å²) in [6.07, 6.45) is 6.73. The van der Waals surface area contributed by atoms with Crippen LogP contribution in [0.5, 0.6) is 0 Å². The van der Waals surface area contributed by atoms with Crippen LogP contribution in [0, 0.1) is 18.3 Å². The van der Waals surface area contributed by atoms with Gasteiger partial charge in [-0.3, -0.25) is 4.79 Å². The average Bonchev–Trinajstić information content (AvgIpc) is 3.27. The topological polar surface area (TPSA) is 82.4 Å². The highest BCUT2D eigenvalue weighted by Crippen LogP contribution is 2.46. The van der Waals surface area contributed by atoms with Crippen molar-refractivity contribution in [2.45, 2.75) is 56.7 Å². The molecule has 1 aliphatic carbocycles. The molecule has 4 heterocycles. The number of piperazine rings is 1. The molecule has 1 saturated carbocycles. The van der Waals surface area contributed by atoms with E-state index in [9.17, 15) is 4.79 Å². The number of hydrogen-bond donors (Lipinski definition) is 0. The molecule has 2 saturated heterocycles. The normalized spacial score (nSPS) is 24.4. The molecule has 1 amide bonds. The summed E-state index contributed by atoms with van der Waals surface area (Å²) >= 11 is 1.64. The van der Waals surface area contributed by atoms with Crippen molar-refractivity contribution >= 4 is 23.1 Å². The number of aromatic nitrogens is 2. The van der Waals surface area contributed by atoms with Crippen LogP contribution in [0.3, 0.4) is 0 Å². The number of pyridine rings is 1. The quantitative estimate of drug-likeness (QED) is 0.735. The largest absolute Gasteiger partial charge is 0.358 e. The van der Waals surface area contributed by atoms with Gasteiger partial charge in [0.15, 0.2) is 0 Å². The van der Waals surface area contributed by atoms with Gasteiger partial charge in [0.1, 0.15) is 29.1 Å². The highest BCUT2D eigenvalue weighted by Gasteiger charge is 2.45. The zero-order chi connectivity index (χ0) is 20.7. The third-order valence-corrected chi connectivity index (χ3v) is 7.76. The van der Waals surface area contributed by atoms with Crippen LogP contribution in [0.4, 0.5) is 5.82 Å². The van der Waals surface area contributed by atoms with Crippen molar-refractivity contribution in [1.82, 2.24) is 14.9 Å². The fraction of sp³-hybridized carbons (Fsp3) is 0.545.